The molecule has 49 heavy (non-hydrogen) atoms. The van der Waals surface area contributed by atoms with Crippen LogP contribution in [0, 0.1) is 0 Å². The zero-order valence-electron chi connectivity index (χ0n) is 33.2. The van der Waals surface area contributed by atoms with Crippen molar-refractivity contribution in [3.05, 3.63) is 24.3 Å². The number of unbranched alkanes of at least 4 members (excludes halogenated alkanes) is 26. The standard InChI is InChI=1S/C44H82N2O3/c1-5-7-9-11-13-15-17-19-21-23-25-27-29-31-37-45(3)43-39-47-40-44(49-42-35-33-41(48-43)34-36-42)46(4)38-32-30-28-26-24-22-20-18-16-14-12-10-8-6-2/h33-36,43-44H,5-32,37-40H2,1-4H3. The number of benzene rings is 1. The fourth-order valence-electron chi connectivity index (χ4n) is 7.08. The van der Waals surface area contributed by atoms with Gasteiger partial charge in [-0.3, -0.25) is 9.80 Å². The van der Waals surface area contributed by atoms with Crippen molar-refractivity contribution in [2.24, 2.45) is 0 Å². The van der Waals surface area contributed by atoms with Gasteiger partial charge in [-0.1, -0.05) is 181 Å². The Morgan fingerprint density at radius 3 is 0.918 bits per heavy atom. The molecule has 2 heterocycles. The van der Waals surface area contributed by atoms with Gasteiger partial charge in [0.2, 0.25) is 0 Å². The molecule has 2 unspecified atom stereocenters. The molecule has 0 N–H and O–H groups in total. The lowest BCUT2D eigenvalue weighted by atomic mass is 10.0. The van der Waals surface area contributed by atoms with Crippen LogP contribution in [0.3, 0.4) is 0 Å². The number of rotatable bonds is 32. The second-order valence-corrected chi connectivity index (χ2v) is 15.3. The van der Waals surface area contributed by atoms with Crippen LogP contribution in [0.5, 0.6) is 11.5 Å². The summed E-state index contributed by atoms with van der Waals surface area (Å²) in [5.41, 5.74) is 0. The van der Waals surface area contributed by atoms with Crippen LogP contribution < -0.4 is 9.47 Å². The molecule has 5 nitrogen and oxygen atoms in total. The quantitative estimate of drug-likeness (QED) is 0.0557. The van der Waals surface area contributed by atoms with Crippen molar-refractivity contribution in [1.29, 1.82) is 0 Å². The van der Waals surface area contributed by atoms with E-state index in [1.807, 2.05) is 24.3 Å². The minimum Gasteiger partial charge on any atom is -0.473 e. The Morgan fingerprint density at radius 1 is 0.408 bits per heavy atom. The van der Waals surface area contributed by atoms with Crippen molar-refractivity contribution in [3.8, 4) is 11.5 Å². The second kappa shape index (κ2) is 31.4. The number of nitrogens with zero attached hydrogens (tertiary/aromatic N) is 2. The highest BCUT2D eigenvalue weighted by Crippen LogP contribution is 2.23. The van der Waals surface area contributed by atoms with Crippen LogP contribution in [0.4, 0.5) is 0 Å². The molecule has 286 valence electrons. The molecule has 0 aromatic heterocycles. The first-order valence-corrected chi connectivity index (χ1v) is 21.6. The number of hydrogen-bond donors (Lipinski definition) is 0. The molecular weight excluding hydrogens is 604 g/mol. The van der Waals surface area contributed by atoms with Gasteiger partial charge < -0.3 is 14.2 Å². The van der Waals surface area contributed by atoms with E-state index in [1.54, 1.807) is 0 Å². The van der Waals surface area contributed by atoms with Gasteiger partial charge in [0.1, 0.15) is 11.5 Å². The molecule has 2 aliphatic heterocycles. The third-order valence-corrected chi connectivity index (χ3v) is 10.6. The lowest BCUT2D eigenvalue weighted by Gasteiger charge is -2.30. The number of hydrogen-bond acceptors (Lipinski definition) is 5. The molecule has 2 atom stereocenters. The molecule has 1 aromatic rings. The van der Waals surface area contributed by atoms with E-state index in [-0.39, 0.29) is 12.5 Å². The Bertz CT molecular complexity index is 767. The Balaban J connectivity index is 1.56. The lowest BCUT2D eigenvalue weighted by molar-refractivity contribution is -0.0741. The van der Waals surface area contributed by atoms with Gasteiger partial charge in [-0.25, -0.2) is 0 Å². The lowest BCUT2D eigenvalue weighted by Crippen LogP contribution is -2.44. The van der Waals surface area contributed by atoms with E-state index in [4.69, 9.17) is 14.2 Å². The summed E-state index contributed by atoms with van der Waals surface area (Å²) in [6.45, 7) is 7.74. The first-order chi connectivity index (χ1) is 24.1. The first kappa shape index (κ1) is 43.9. The molecular formula is C44H82N2O3. The average Bonchev–Trinajstić information content (AvgIpc) is 3.18. The topological polar surface area (TPSA) is 34.2 Å². The highest BCUT2D eigenvalue weighted by Gasteiger charge is 2.22. The van der Waals surface area contributed by atoms with E-state index in [0.29, 0.717) is 13.2 Å². The molecule has 0 spiro atoms. The summed E-state index contributed by atoms with van der Waals surface area (Å²) in [5.74, 6) is 1.76. The van der Waals surface area contributed by atoms with E-state index in [1.165, 1.54) is 180 Å². The summed E-state index contributed by atoms with van der Waals surface area (Å²) >= 11 is 0. The van der Waals surface area contributed by atoms with E-state index in [0.717, 1.165) is 24.6 Å². The van der Waals surface area contributed by atoms with Crippen molar-refractivity contribution in [2.75, 3.05) is 40.4 Å². The van der Waals surface area contributed by atoms with Crippen molar-refractivity contribution in [1.82, 2.24) is 9.80 Å². The predicted molar refractivity (Wildman–Crippen MR) is 212 cm³/mol. The molecule has 0 radical (unpaired) electrons. The summed E-state index contributed by atoms with van der Waals surface area (Å²) < 4.78 is 19.1. The van der Waals surface area contributed by atoms with Crippen LogP contribution in [0.25, 0.3) is 0 Å². The highest BCUT2D eigenvalue weighted by atomic mass is 16.6. The van der Waals surface area contributed by atoms with Crippen molar-refractivity contribution >= 4 is 0 Å². The molecule has 3 rings (SSSR count). The number of likely N-dealkylation sites (N-methyl/N-ethyl adjacent to an activating group) is 2. The molecule has 0 fully saturated rings. The van der Waals surface area contributed by atoms with E-state index in [9.17, 15) is 0 Å². The van der Waals surface area contributed by atoms with Crippen LogP contribution in [0.2, 0.25) is 0 Å². The molecule has 0 saturated heterocycles. The molecule has 2 aliphatic rings. The normalized spacial score (nSPS) is 16.6. The second-order valence-electron chi connectivity index (χ2n) is 15.3. The minimum absolute atomic E-state index is 0.0947. The first-order valence-electron chi connectivity index (χ1n) is 21.6. The van der Waals surface area contributed by atoms with Crippen molar-refractivity contribution in [2.45, 2.75) is 206 Å². The van der Waals surface area contributed by atoms with Gasteiger partial charge >= 0.3 is 0 Å². The minimum atomic E-state index is -0.0947. The van der Waals surface area contributed by atoms with Crippen LogP contribution in [-0.2, 0) is 4.74 Å². The summed E-state index contributed by atoms with van der Waals surface area (Å²) in [6, 6.07) is 8.16. The van der Waals surface area contributed by atoms with Crippen LogP contribution in [0.1, 0.15) is 194 Å². The zero-order chi connectivity index (χ0) is 35.0. The molecule has 0 aliphatic carbocycles. The summed E-state index contributed by atoms with van der Waals surface area (Å²) in [6.07, 6.45) is 38.7. The van der Waals surface area contributed by atoms with Crippen LogP contribution in [-0.4, -0.2) is 62.7 Å². The van der Waals surface area contributed by atoms with Crippen molar-refractivity contribution < 1.29 is 14.2 Å². The Labute approximate surface area is 305 Å². The molecule has 2 bridgehead atoms. The molecule has 1 aromatic carbocycles. The number of fused-ring (bicyclic) bond motifs is 8. The van der Waals surface area contributed by atoms with Gasteiger partial charge in [0.25, 0.3) is 0 Å². The highest BCUT2D eigenvalue weighted by molar-refractivity contribution is 5.31. The fraction of sp³-hybridized carbons (Fsp3) is 0.864. The maximum atomic E-state index is 6.41. The van der Waals surface area contributed by atoms with Crippen LogP contribution in [0.15, 0.2) is 24.3 Å². The largest absolute Gasteiger partial charge is 0.473 e. The van der Waals surface area contributed by atoms with E-state index < -0.39 is 0 Å². The average molecular weight is 687 g/mol. The monoisotopic (exact) mass is 687 g/mol. The smallest absolute Gasteiger partial charge is 0.175 e. The summed E-state index contributed by atoms with van der Waals surface area (Å²) in [7, 11) is 4.36. The molecule has 5 heteroatoms. The number of ether oxygens (including phenoxy) is 3. The Hall–Kier alpha value is -1.30. The maximum Gasteiger partial charge on any atom is 0.175 e. The molecule has 0 saturated carbocycles. The van der Waals surface area contributed by atoms with Gasteiger partial charge in [-0.2, -0.15) is 0 Å². The van der Waals surface area contributed by atoms with Crippen molar-refractivity contribution in [3.63, 3.8) is 0 Å². The summed E-state index contributed by atoms with van der Waals surface area (Å²) in [4.78, 5) is 4.67. The third kappa shape index (κ3) is 23.7. The zero-order valence-corrected chi connectivity index (χ0v) is 33.2. The van der Waals surface area contributed by atoms with E-state index >= 15 is 0 Å². The van der Waals surface area contributed by atoms with Gasteiger partial charge in [0, 0.05) is 13.1 Å². The van der Waals surface area contributed by atoms with Gasteiger partial charge in [-0.15, -0.1) is 0 Å². The van der Waals surface area contributed by atoms with Gasteiger partial charge in [0.15, 0.2) is 12.5 Å². The maximum absolute atomic E-state index is 6.41. The van der Waals surface area contributed by atoms with Gasteiger partial charge in [0.05, 0.1) is 13.2 Å². The van der Waals surface area contributed by atoms with E-state index in [2.05, 4.69) is 37.7 Å². The predicted octanol–water partition coefficient (Wildman–Crippen LogP) is 13.0. The van der Waals surface area contributed by atoms with Gasteiger partial charge in [-0.05, 0) is 51.2 Å². The summed E-state index contributed by atoms with van der Waals surface area (Å²) in [5, 5.41) is 0. The Kier molecular flexibility index (Phi) is 28.1. The fourth-order valence-corrected chi connectivity index (χ4v) is 7.08. The molecule has 0 amide bonds. The van der Waals surface area contributed by atoms with Crippen LogP contribution >= 0.6 is 0 Å². The Morgan fingerprint density at radius 2 is 0.653 bits per heavy atom. The SMILES string of the molecule is CCCCCCCCCCCCCCCCN(C)C1COCC(N(C)CCCCCCCCCCCCCCCC)Oc2ccc(cc2)O1. The third-order valence-electron chi connectivity index (χ3n) is 10.6.